The molecular formula is C15H17N3O6S. The van der Waals surface area contributed by atoms with Gasteiger partial charge in [0.2, 0.25) is 5.91 Å². The van der Waals surface area contributed by atoms with Crippen molar-refractivity contribution in [3.8, 4) is 0 Å². The lowest BCUT2D eigenvalue weighted by molar-refractivity contribution is -0.142. The van der Waals surface area contributed by atoms with Gasteiger partial charge in [0.25, 0.3) is 0 Å². The fraction of sp³-hybridized carbons (Fsp3) is 0.267. The minimum absolute atomic E-state index is 0.0936. The van der Waals surface area contributed by atoms with Crippen LogP contribution in [0.2, 0.25) is 0 Å². The Hall–Kier alpha value is -2.72. The quantitative estimate of drug-likeness (QED) is 0.399. The van der Waals surface area contributed by atoms with Crippen LogP contribution in [0.4, 0.5) is 0 Å². The van der Waals surface area contributed by atoms with Crippen molar-refractivity contribution in [2.24, 2.45) is 5.73 Å². The number of rotatable bonds is 6. The van der Waals surface area contributed by atoms with Crippen LogP contribution < -0.4 is 16.4 Å². The number of nitrogens with two attached hydrogens (primary N) is 1. The van der Waals surface area contributed by atoms with Crippen LogP contribution in [0, 0.1) is 0 Å². The Labute approximate surface area is 146 Å². The van der Waals surface area contributed by atoms with Gasteiger partial charge in [-0.15, -0.1) is 11.8 Å². The van der Waals surface area contributed by atoms with Gasteiger partial charge in [0.1, 0.15) is 17.2 Å². The van der Waals surface area contributed by atoms with Crippen molar-refractivity contribution in [2.75, 3.05) is 5.75 Å². The molecular weight excluding hydrogens is 350 g/mol. The Kier molecular flexibility index (Phi) is 5.88. The van der Waals surface area contributed by atoms with Crippen molar-refractivity contribution < 1.29 is 29.7 Å². The van der Waals surface area contributed by atoms with E-state index < -0.39 is 46.8 Å². The van der Waals surface area contributed by atoms with Crippen molar-refractivity contribution in [3.63, 3.8) is 0 Å². The number of aliphatic carboxylic acids is 2. The Balaban J connectivity index is 2.13. The smallest absolute Gasteiger partial charge is 0.355 e. The van der Waals surface area contributed by atoms with Gasteiger partial charge < -0.3 is 31.7 Å². The summed E-state index contributed by atoms with van der Waals surface area (Å²) in [5.41, 5.74) is 5.86. The van der Waals surface area contributed by atoms with E-state index in [1.54, 1.807) is 30.3 Å². The summed E-state index contributed by atoms with van der Waals surface area (Å²) in [7, 11) is 0. The van der Waals surface area contributed by atoms with Crippen molar-refractivity contribution in [1.29, 1.82) is 0 Å². The topological polar surface area (TPSA) is 162 Å². The molecule has 2 rings (SSSR count). The van der Waals surface area contributed by atoms with Gasteiger partial charge in [0, 0.05) is 0 Å². The highest BCUT2D eigenvalue weighted by Gasteiger charge is 2.36. The molecule has 1 aromatic rings. The number of carboxylic acid groups (broad SMARTS) is 2. The number of carbonyl (C=O) groups is 3. The highest BCUT2D eigenvalue weighted by Crippen LogP contribution is 2.24. The molecule has 1 aromatic carbocycles. The molecule has 9 nitrogen and oxygen atoms in total. The predicted molar refractivity (Wildman–Crippen MR) is 89.6 cm³/mol. The summed E-state index contributed by atoms with van der Waals surface area (Å²) in [6.45, 7) is 0. The molecule has 1 heterocycles. The van der Waals surface area contributed by atoms with Crippen LogP contribution >= 0.6 is 11.8 Å². The number of carbonyl (C=O) groups excluding carboxylic acids is 1. The van der Waals surface area contributed by atoms with Crippen LogP contribution in [0.1, 0.15) is 11.6 Å². The molecule has 0 unspecified atom stereocenters. The monoisotopic (exact) mass is 367 g/mol. The van der Waals surface area contributed by atoms with Gasteiger partial charge in [-0.25, -0.2) is 9.59 Å². The number of amides is 1. The van der Waals surface area contributed by atoms with Crippen molar-refractivity contribution >= 4 is 29.6 Å². The van der Waals surface area contributed by atoms with Crippen LogP contribution in [0.25, 0.3) is 0 Å². The SMILES string of the molecule is N[C@@H](C(=O)N[C@H](C(=O)O)[C@@H]1NC(C(=O)O)=C(O)CS1)c1ccccc1. The minimum atomic E-state index is -1.44. The lowest BCUT2D eigenvalue weighted by Crippen LogP contribution is -2.56. The van der Waals surface area contributed by atoms with E-state index in [-0.39, 0.29) is 5.75 Å². The molecule has 0 bridgehead atoms. The number of benzene rings is 1. The van der Waals surface area contributed by atoms with E-state index in [1.165, 1.54) is 0 Å². The molecule has 0 fully saturated rings. The summed E-state index contributed by atoms with van der Waals surface area (Å²) < 4.78 is 0. The number of carboxylic acids is 2. The third-order valence-electron chi connectivity index (χ3n) is 3.50. The van der Waals surface area contributed by atoms with Gasteiger partial charge in [-0.3, -0.25) is 4.79 Å². The Morgan fingerprint density at radius 3 is 2.44 bits per heavy atom. The van der Waals surface area contributed by atoms with E-state index in [2.05, 4.69) is 10.6 Å². The van der Waals surface area contributed by atoms with E-state index in [9.17, 15) is 24.6 Å². The normalized spacial score (nSPS) is 19.5. The standard InChI is InChI=1S/C15H17N3O6S/c16-9(7-4-2-1-3-5-7)12(20)17-11(15(23)24)13-18-10(14(21)22)8(19)6-25-13/h1-5,9,11,13,18-19H,6,16H2,(H,17,20)(H,21,22)(H,23,24)/t9-,11+,13-/m1/s1. The number of hydrogen-bond acceptors (Lipinski definition) is 7. The van der Waals surface area contributed by atoms with Crippen LogP contribution in [-0.2, 0) is 14.4 Å². The first-order valence-electron chi connectivity index (χ1n) is 7.18. The summed E-state index contributed by atoms with van der Waals surface area (Å²) in [5.74, 6) is -3.98. The van der Waals surface area contributed by atoms with Crippen LogP contribution in [-0.4, -0.2) is 50.3 Å². The highest BCUT2D eigenvalue weighted by atomic mass is 32.2. The third-order valence-corrected chi connectivity index (χ3v) is 4.69. The lowest BCUT2D eigenvalue weighted by Gasteiger charge is -2.30. The fourth-order valence-electron chi connectivity index (χ4n) is 2.19. The molecule has 3 atom stereocenters. The number of nitrogens with one attached hydrogen (secondary N) is 2. The molecule has 1 aliphatic heterocycles. The maximum atomic E-state index is 12.3. The molecule has 0 saturated carbocycles. The minimum Gasteiger partial charge on any atom is -0.509 e. The number of aliphatic hydroxyl groups excluding tert-OH is 1. The van der Waals surface area contributed by atoms with E-state index in [4.69, 9.17) is 10.8 Å². The van der Waals surface area contributed by atoms with Crippen molar-refractivity contribution in [1.82, 2.24) is 10.6 Å². The highest BCUT2D eigenvalue weighted by molar-refractivity contribution is 8.00. The van der Waals surface area contributed by atoms with Crippen LogP contribution in [0.3, 0.4) is 0 Å². The molecule has 25 heavy (non-hydrogen) atoms. The second kappa shape index (κ2) is 7.90. The maximum absolute atomic E-state index is 12.3. The average Bonchev–Trinajstić information content (AvgIpc) is 2.59. The molecule has 134 valence electrons. The third kappa shape index (κ3) is 4.43. The first-order valence-corrected chi connectivity index (χ1v) is 8.23. The molecule has 7 N–H and O–H groups in total. The van der Waals surface area contributed by atoms with Gasteiger partial charge >= 0.3 is 11.9 Å². The van der Waals surface area contributed by atoms with Gasteiger partial charge in [0.05, 0.1) is 5.75 Å². The zero-order valence-corrected chi connectivity index (χ0v) is 13.7. The van der Waals surface area contributed by atoms with Gasteiger partial charge in [-0.1, -0.05) is 30.3 Å². The van der Waals surface area contributed by atoms with Gasteiger partial charge in [-0.05, 0) is 5.56 Å². The molecule has 1 amide bonds. The average molecular weight is 367 g/mol. The predicted octanol–water partition coefficient (Wildman–Crippen LogP) is -0.227. The zero-order chi connectivity index (χ0) is 18.6. The number of hydrogen-bond donors (Lipinski definition) is 6. The van der Waals surface area contributed by atoms with E-state index in [0.717, 1.165) is 11.8 Å². The molecule has 0 saturated heterocycles. The maximum Gasteiger partial charge on any atom is 0.355 e. The molecule has 0 aliphatic carbocycles. The fourth-order valence-corrected chi connectivity index (χ4v) is 3.25. The molecule has 10 heteroatoms. The largest absolute Gasteiger partial charge is 0.509 e. The lowest BCUT2D eigenvalue weighted by atomic mass is 10.1. The van der Waals surface area contributed by atoms with E-state index >= 15 is 0 Å². The van der Waals surface area contributed by atoms with E-state index in [1.807, 2.05) is 0 Å². The first kappa shape index (κ1) is 18.6. The Morgan fingerprint density at radius 2 is 1.88 bits per heavy atom. The Bertz CT molecular complexity index is 708. The Morgan fingerprint density at radius 1 is 1.24 bits per heavy atom. The second-order valence-corrected chi connectivity index (χ2v) is 6.35. The van der Waals surface area contributed by atoms with Crippen LogP contribution in [0.5, 0.6) is 0 Å². The van der Waals surface area contributed by atoms with Crippen LogP contribution in [0.15, 0.2) is 41.8 Å². The number of aliphatic hydroxyl groups is 1. The molecule has 0 radical (unpaired) electrons. The summed E-state index contributed by atoms with van der Waals surface area (Å²) in [4.78, 5) is 34.9. The summed E-state index contributed by atoms with van der Waals surface area (Å²) in [6, 6.07) is 5.91. The summed E-state index contributed by atoms with van der Waals surface area (Å²) >= 11 is 0.960. The molecule has 0 spiro atoms. The van der Waals surface area contributed by atoms with Crippen molar-refractivity contribution in [2.45, 2.75) is 17.5 Å². The second-order valence-electron chi connectivity index (χ2n) is 5.22. The van der Waals surface area contributed by atoms with Gasteiger partial charge in [-0.2, -0.15) is 0 Å². The summed E-state index contributed by atoms with van der Waals surface area (Å²) in [5, 5.41) is 31.7. The first-order chi connectivity index (χ1) is 11.8. The zero-order valence-electron chi connectivity index (χ0n) is 12.9. The molecule has 0 aromatic heterocycles. The van der Waals surface area contributed by atoms with Gasteiger partial charge in [0.15, 0.2) is 11.7 Å². The van der Waals surface area contributed by atoms with E-state index in [0.29, 0.717) is 5.56 Å². The summed E-state index contributed by atoms with van der Waals surface area (Å²) in [6.07, 6.45) is 0. The molecule has 1 aliphatic rings. The van der Waals surface area contributed by atoms with Crippen molar-refractivity contribution in [3.05, 3.63) is 47.4 Å². The number of thioether (sulfide) groups is 1.